The highest BCUT2D eigenvalue weighted by atomic mass is 16.4. The highest BCUT2D eigenvalue weighted by Gasteiger charge is 2.41. The van der Waals surface area contributed by atoms with E-state index in [1.807, 2.05) is 20.0 Å². The van der Waals surface area contributed by atoms with Crippen LogP contribution in [0.1, 0.15) is 46.0 Å². The Morgan fingerprint density at radius 3 is 2.44 bits per heavy atom. The van der Waals surface area contributed by atoms with E-state index in [2.05, 4.69) is 0 Å². The van der Waals surface area contributed by atoms with E-state index in [1.54, 1.807) is 0 Å². The van der Waals surface area contributed by atoms with Gasteiger partial charge in [0.1, 0.15) is 6.04 Å². The van der Waals surface area contributed by atoms with Gasteiger partial charge in [-0.15, -0.1) is 0 Å². The van der Waals surface area contributed by atoms with Crippen LogP contribution in [0, 0.1) is 16.9 Å². The fourth-order valence-corrected chi connectivity index (χ4v) is 2.80. The number of aliphatic hydroxyl groups excluding tert-OH is 1. The second-order valence-corrected chi connectivity index (χ2v) is 5.16. The number of carbonyl (C=O) groups is 1. The van der Waals surface area contributed by atoms with Crippen LogP contribution in [-0.2, 0) is 4.79 Å². The molecule has 0 radical (unpaired) electrons. The van der Waals surface area contributed by atoms with Gasteiger partial charge in [-0.1, -0.05) is 13.8 Å². The zero-order valence-electron chi connectivity index (χ0n) is 11.1. The molecular weight excluding hydrogens is 232 g/mol. The first-order chi connectivity index (χ1) is 8.53. The Bertz CT molecular complexity index is 325. The molecule has 2 atom stereocenters. The van der Waals surface area contributed by atoms with Crippen molar-refractivity contribution in [1.29, 1.82) is 5.26 Å². The fraction of sp³-hybridized carbons (Fsp3) is 0.846. The summed E-state index contributed by atoms with van der Waals surface area (Å²) >= 11 is 0. The van der Waals surface area contributed by atoms with Gasteiger partial charge in [0, 0.05) is 12.6 Å². The van der Waals surface area contributed by atoms with Crippen molar-refractivity contribution in [3.05, 3.63) is 0 Å². The Kier molecular flexibility index (Phi) is 4.97. The molecule has 0 bridgehead atoms. The first-order valence-corrected chi connectivity index (χ1v) is 6.55. The van der Waals surface area contributed by atoms with Crippen molar-refractivity contribution in [3.8, 4) is 6.19 Å². The molecule has 1 saturated heterocycles. The summed E-state index contributed by atoms with van der Waals surface area (Å²) in [5.74, 6) is -0.929. The summed E-state index contributed by atoms with van der Waals surface area (Å²) in [6, 6.07) is -0.742. The number of likely N-dealkylation sites (tertiary alicyclic amines) is 1. The van der Waals surface area contributed by atoms with Gasteiger partial charge < -0.3 is 10.2 Å². The molecule has 5 heteroatoms. The molecule has 0 aromatic carbocycles. The van der Waals surface area contributed by atoms with Gasteiger partial charge in [0.25, 0.3) is 0 Å². The van der Waals surface area contributed by atoms with Crippen molar-refractivity contribution < 1.29 is 15.0 Å². The highest BCUT2D eigenvalue weighted by Crippen LogP contribution is 2.37. The summed E-state index contributed by atoms with van der Waals surface area (Å²) in [5.41, 5.74) is -0.187. The van der Waals surface area contributed by atoms with Gasteiger partial charge in [0.15, 0.2) is 6.19 Å². The Labute approximate surface area is 108 Å². The summed E-state index contributed by atoms with van der Waals surface area (Å²) in [5, 5.41) is 27.7. The largest absolute Gasteiger partial charge is 0.480 e. The average molecular weight is 254 g/mol. The van der Waals surface area contributed by atoms with Crippen molar-refractivity contribution in [1.82, 2.24) is 4.90 Å². The number of nitrogens with zero attached hydrogens (tertiary/aromatic N) is 2. The lowest BCUT2D eigenvalue weighted by atomic mass is 9.77. The summed E-state index contributed by atoms with van der Waals surface area (Å²) < 4.78 is 0. The molecule has 5 nitrogen and oxygen atoms in total. The lowest BCUT2D eigenvalue weighted by Crippen LogP contribution is -2.40. The number of aliphatic carboxylic acids is 1. The summed E-state index contributed by atoms with van der Waals surface area (Å²) in [4.78, 5) is 12.4. The van der Waals surface area contributed by atoms with Crippen molar-refractivity contribution in [2.75, 3.05) is 6.61 Å². The molecule has 1 aliphatic rings. The topological polar surface area (TPSA) is 84.6 Å². The van der Waals surface area contributed by atoms with Gasteiger partial charge in [-0.05, 0) is 37.5 Å². The minimum Gasteiger partial charge on any atom is -0.480 e. The van der Waals surface area contributed by atoms with Gasteiger partial charge >= 0.3 is 5.97 Å². The SMILES string of the molecule is CCC(CC)(CO)CC1CCC(C(=O)O)N1C#N. The first-order valence-electron chi connectivity index (χ1n) is 6.55. The molecule has 0 aromatic heterocycles. The minimum absolute atomic E-state index is 0.0526. The quantitative estimate of drug-likeness (QED) is 0.703. The number of carboxylic acid groups (broad SMARTS) is 1. The first kappa shape index (κ1) is 14.8. The molecule has 2 N–H and O–H groups in total. The maximum Gasteiger partial charge on any atom is 0.327 e. The van der Waals surface area contributed by atoms with Gasteiger partial charge in [-0.25, -0.2) is 4.79 Å². The lowest BCUT2D eigenvalue weighted by molar-refractivity contribution is -0.141. The van der Waals surface area contributed by atoms with E-state index in [-0.39, 0.29) is 18.1 Å². The Morgan fingerprint density at radius 2 is 2.06 bits per heavy atom. The lowest BCUT2D eigenvalue weighted by Gasteiger charge is -2.34. The molecule has 18 heavy (non-hydrogen) atoms. The van der Waals surface area contributed by atoms with E-state index < -0.39 is 12.0 Å². The molecule has 1 aliphatic heterocycles. The number of carboxylic acids is 1. The number of aliphatic hydroxyl groups is 1. The maximum absolute atomic E-state index is 11.0. The third-order valence-electron chi connectivity index (χ3n) is 4.41. The fourth-order valence-electron chi connectivity index (χ4n) is 2.80. The molecule has 0 aromatic rings. The highest BCUT2D eigenvalue weighted by molar-refractivity contribution is 5.74. The monoisotopic (exact) mass is 254 g/mol. The van der Waals surface area contributed by atoms with E-state index in [4.69, 9.17) is 10.4 Å². The second kappa shape index (κ2) is 6.05. The Balaban J connectivity index is 2.79. The van der Waals surface area contributed by atoms with Gasteiger partial charge in [-0.2, -0.15) is 5.26 Å². The van der Waals surface area contributed by atoms with Crippen LogP contribution in [-0.4, -0.2) is 39.8 Å². The summed E-state index contributed by atoms with van der Waals surface area (Å²) in [6.07, 6.45) is 5.61. The van der Waals surface area contributed by atoms with E-state index in [0.29, 0.717) is 19.3 Å². The molecule has 1 rings (SSSR count). The molecule has 0 spiro atoms. The molecule has 0 aliphatic carbocycles. The van der Waals surface area contributed by atoms with Crippen molar-refractivity contribution >= 4 is 5.97 Å². The molecule has 1 heterocycles. The van der Waals surface area contributed by atoms with Gasteiger partial charge in [0.05, 0.1) is 0 Å². The van der Waals surface area contributed by atoms with E-state index >= 15 is 0 Å². The Hall–Kier alpha value is -1.28. The zero-order chi connectivity index (χ0) is 13.8. The average Bonchev–Trinajstić information content (AvgIpc) is 2.78. The molecule has 1 fully saturated rings. The number of hydrogen-bond donors (Lipinski definition) is 2. The van der Waals surface area contributed by atoms with Crippen molar-refractivity contribution in [2.24, 2.45) is 5.41 Å². The third-order valence-corrected chi connectivity index (χ3v) is 4.41. The predicted octanol–water partition coefficient (Wildman–Crippen LogP) is 1.57. The van der Waals surface area contributed by atoms with Gasteiger partial charge in [0.2, 0.25) is 0 Å². The van der Waals surface area contributed by atoms with E-state index in [9.17, 15) is 9.90 Å². The number of rotatable bonds is 6. The molecule has 0 amide bonds. The van der Waals surface area contributed by atoms with Crippen LogP contribution in [0.15, 0.2) is 0 Å². The van der Waals surface area contributed by atoms with Crippen LogP contribution in [0.25, 0.3) is 0 Å². The van der Waals surface area contributed by atoms with Crippen LogP contribution in [0.3, 0.4) is 0 Å². The Morgan fingerprint density at radius 1 is 1.44 bits per heavy atom. The molecule has 102 valence electrons. The van der Waals surface area contributed by atoms with Crippen LogP contribution >= 0.6 is 0 Å². The van der Waals surface area contributed by atoms with Crippen molar-refractivity contribution in [3.63, 3.8) is 0 Å². The molecule has 0 saturated carbocycles. The van der Waals surface area contributed by atoms with Crippen LogP contribution in [0.4, 0.5) is 0 Å². The van der Waals surface area contributed by atoms with Crippen molar-refractivity contribution in [2.45, 2.75) is 58.0 Å². The molecule has 2 unspecified atom stereocenters. The van der Waals surface area contributed by atoms with E-state index in [1.165, 1.54) is 4.90 Å². The minimum atomic E-state index is -0.929. The van der Waals surface area contributed by atoms with Crippen LogP contribution < -0.4 is 0 Å². The second-order valence-electron chi connectivity index (χ2n) is 5.16. The normalized spacial score (nSPS) is 24.0. The smallest absolute Gasteiger partial charge is 0.327 e. The van der Waals surface area contributed by atoms with Gasteiger partial charge in [-0.3, -0.25) is 4.90 Å². The van der Waals surface area contributed by atoms with Crippen LogP contribution in [0.5, 0.6) is 0 Å². The third kappa shape index (κ3) is 2.75. The standard InChI is InChI=1S/C13H22N2O3/c1-3-13(4-2,8-16)7-10-5-6-11(12(17)18)15(10)9-14/h10-11,16H,3-8H2,1-2H3,(H,17,18). The number of hydrogen-bond acceptors (Lipinski definition) is 4. The maximum atomic E-state index is 11.0. The summed E-state index contributed by atoms with van der Waals surface area (Å²) in [6.45, 7) is 4.15. The number of nitriles is 1. The van der Waals surface area contributed by atoms with Crippen LogP contribution in [0.2, 0.25) is 0 Å². The molecular formula is C13H22N2O3. The zero-order valence-corrected chi connectivity index (χ0v) is 11.1. The summed E-state index contributed by atoms with van der Waals surface area (Å²) in [7, 11) is 0. The van der Waals surface area contributed by atoms with E-state index in [0.717, 1.165) is 12.8 Å². The predicted molar refractivity (Wildman–Crippen MR) is 66.6 cm³/mol.